The van der Waals surface area contributed by atoms with Gasteiger partial charge in [-0.1, -0.05) is 46.3 Å². The summed E-state index contributed by atoms with van der Waals surface area (Å²) < 4.78 is 1.14. The number of likely N-dealkylation sites (N-methyl/N-ethyl adjacent to an activating group) is 1. The topological polar surface area (TPSA) is 29.3 Å². The number of thioether (sulfide) groups is 1. The molecule has 0 spiro atoms. The first-order chi connectivity index (χ1) is 10.2. The first-order valence-electron chi connectivity index (χ1n) is 6.93. The summed E-state index contributed by atoms with van der Waals surface area (Å²) in [5.41, 5.74) is 8.55. The van der Waals surface area contributed by atoms with Crippen LogP contribution in [0.25, 0.3) is 0 Å². The van der Waals surface area contributed by atoms with E-state index in [1.165, 1.54) is 16.0 Å². The maximum absolute atomic E-state index is 6.01. The molecule has 1 atom stereocenters. The molecule has 0 saturated carbocycles. The third-order valence-corrected chi connectivity index (χ3v) is 5.15. The van der Waals surface area contributed by atoms with Crippen LogP contribution in [0.3, 0.4) is 0 Å². The number of rotatable bonds is 6. The van der Waals surface area contributed by atoms with Gasteiger partial charge >= 0.3 is 0 Å². The Hall–Kier alpha value is -0.810. The van der Waals surface area contributed by atoms with E-state index in [4.69, 9.17) is 5.73 Å². The van der Waals surface area contributed by atoms with Gasteiger partial charge < -0.3 is 5.73 Å². The van der Waals surface area contributed by atoms with Crippen LogP contribution in [0.15, 0.2) is 57.9 Å². The van der Waals surface area contributed by atoms with Crippen molar-refractivity contribution in [2.24, 2.45) is 5.73 Å². The molecule has 0 saturated heterocycles. The van der Waals surface area contributed by atoms with Crippen molar-refractivity contribution in [1.82, 2.24) is 4.90 Å². The zero-order valence-electron chi connectivity index (χ0n) is 12.4. The van der Waals surface area contributed by atoms with Gasteiger partial charge in [-0.25, -0.2) is 0 Å². The van der Waals surface area contributed by atoms with Crippen LogP contribution in [0, 0.1) is 0 Å². The molecule has 0 heterocycles. The Labute approximate surface area is 139 Å². The molecular formula is C17H21BrN2S. The van der Waals surface area contributed by atoms with Crippen LogP contribution in [0.1, 0.15) is 17.2 Å². The van der Waals surface area contributed by atoms with E-state index in [1.54, 1.807) is 11.8 Å². The molecule has 0 aliphatic carbocycles. The molecule has 4 heteroatoms. The maximum atomic E-state index is 6.01. The lowest BCUT2D eigenvalue weighted by Crippen LogP contribution is -2.30. The molecule has 0 aromatic heterocycles. The van der Waals surface area contributed by atoms with Gasteiger partial charge in [0.1, 0.15) is 0 Å². The molecule has 0 radical (unpaired) electrons. The van der Waals surface area contributed by atoms with Gasteiger partial charge in [0.05, 0.1) is 0 Å². The normalized spacial score (nSPS) is 12.6. The van der Waals surface area contributed by atoms with Crippen molar-refractivity contribution in [3.8, 4) is 0 Å². The highest BCUT2D eigenvalue weighted by Gasteiger charge is 2.16. The van der Waals surface area contributed by atoms with Crippen LogP contribution in [-0.4, -0.2) is 24.7 Å². The molecule has 0 fully saturated rings. The Morgan fingerprint density at radius 3 is 2.38 bits per heavy atom. The highest BCUT2D eigenvalue weighted by molar-refractivity contribution is 9.10. The summed E-state index contributed by atoms with van der Waals surface area (Å²) in [6.45, 7) is 1.48. The van der Waals surface area contributed by atoms with E-state index in [1.807, 2.05) is 6.07 Å². The Balaban J connectivity index is 2.14. The van der Waals surface area contributed by atoms with E-state index < -0.39 is 0 Å². The zero-order chi connectivity index (χ0) is 15.2. The van der Waals surface area contributed by atoms with Crippen molar-refractivity contribution >= 4 is 27.7 Å². The lowest BCUT2D eigenvalue weighted by molar-refractivity contribution is 0.241. The largest absolute Gasteiger partial charge is 0.329 e. The minimum atomic E-state index is 0.230. The summed E-state index contributed by atoms with van der Waals surface area (Å²) in [5.74, 6) is 0. The van der Waals surface area contributed by atoms with E-state index in [9.17, 15) is 0 Å². The lowest BCUT2D eigenvalue weighted by atomic mass is 10.1. The standard InChI is InChI=1S/C17H21BrN2S/c1-20(12-14-5-3-4-6-16(14)18)17(11-19)13-7-9-15(21-2)10-8-13/h3-10,17H,11-12,19H2,1-2H3. The second kappa shape index (κ2) is 7.99. The van der Waals surface area contributed by atoms with Gasteiger partial charge in [-0.15, -0.1) is 11.8 Å². The second-order valence-electron chi connectivity index (χ2n) is 5.03. The molecule has 21 heavy (non-hydrogen) atoms. The van der Waals surface area contributed by atoms with Crippen LogP contribution in [-0.2, 0) is 6.54 Å². The van der Waals surface area contributed by atoms with Crippen LogP contribution < -0.4 is 5.73 Å². The van der Waals surface area contributed by atoms with Gasteiger partial charge in [0.15, 0.2) is 0 Å². The summed E-state index contributed by atoms with van der Waals surface area (Å²) in [6.07, 6.45) is 2.09. The fraction of sp³-hybridized carbons (Fsp3) is 0.294. The van der Waals surface area contributed by atoms with Crippen molar-refractivity contribution in [1.29, 1.82) is 0 Å². The minimum Gasteiger partial charge on any atom is -0.329 e. The van der Waals surface area contributed by atoms with Crippen molar-refractivity contribution in [2.75, 3.05) is 19.8 Å². The Morgan fingerprint density at radius 1 is 1.14 bits per heavy atom. The van der Waals surface area contributed by atoms with Crippen LogP contribution in [0.2, 0.25) is 0 Å². The average molecular weight is 365 g/mol. The fourth-order valence-corrected chi connectivity index (χ4v) is 3.22. The SMILES string of the molecule is CSc1ccc(C(CN)N(C)Cc2ccccc2Br)cc1. The van der Waals surface area contributed by atoms with Gasteiger partial charge in [0.25, 0.3) is 0 Å². The summed E-state index contributed by atoms with van der Waals surface area (Å²) in [6, 6.07) is 17.2. The minimum absolute atomic E-state index is 0.230. The van der Waals surface area contributed by atoms with E-state index in [2.05, 4.69) is 76.6 Å². The first-order valence-corrected chi connectivity index (χ1v) is 8.95. The van der Waals surface area contributed by atoms with Gasteiger partial charge in [-0.05, 0) is 42.6 Å². The molecule has 0 amide bonds. The summed E-state index contributed by atoms with van der Waals surface area (Å²) in [4.78, 5) is 3.58. The van der Waals surface area contributed by atoms with Crippen molar-refractivity contribution in [3.63, 3.8) is 0 Å². The second-order valence-corrected chi connectivity index (χ2v) is 6.77. The molecule has 0 aliphatic rings. The third kappa shape index (κ3) is 4.33. The summed E-state index contributed by atoms with van der Waals surface area (Å²) in [7, 11) is 2.12. The van der Waals surface area contributed by atoms with Crippen molar-refractivity contribution in [2.45, 2.75) is 17.5 Å². The molecule has 2 aromatic rings. The monoisotopic (exact) mass is 364 g/mol. The molecule has 0 aliphatic heterocycles. The molecule has 2 nitrogen and oxygen atoms in total. The highest BCUT2D eigenvalue weighted by atomic mass is 79.9. The Morgan fingerprint density at radius 2 is 1.81 bits per heavy atom. The van der Waals surface area contributed by atoms with E-state index >= 15 is 0 Å². The zero-order valence-corrected chi connectivity index (χ0v) is 14.8. The maximum Gasteiger partial charge on any atom is 0.0470 e. The van der Waals surface area contributed by atoms with E-state index in [0.717, 1.165) is 11.0 Å². The quantitative estimate of drug-likeness (QED) is 0.774. The van der Waals surface area contributed by atoms with E-state index in [0.29, 0.717) is 6.54 Å². The summed E-state index contributed by atoms with van der Waals surface area (Å²) in [5, 5.41) is 0. The van der Waals surface area contributed by atoms with Crippen LogP contribution in [0.5, 0.6) is 0 Å². The Bertz CT molecular complexity index is 571. The number of nitrogens with zero attached hydrogens (tertiary/aromatic N) is 1. The molecule has 2 rings (SSSR count). The molecule has 112 valence electrons. The first kappa shape index (κ1) is 16.6. The molecular weight excluding hydrogens is 344 g/mol. The number of halogens is 1. The number of hydrogen-bond donors (Lipinski definition) is 1. The van der Waals surface area contributed by atoms with Gasteiger partial charge in [0.2, 0.25) is 0 Å². The predicted octanol–water partition coefficient (Wildman–Crippen LogP) is 4.30. The molecule has 0 bridgehead atoms. The fourth-order valence-electron chi connectivity index (χ4n) is 2.40. The Kier molecular flexibility index (Phi) is 6.30. The number of nitrogens with two attached hydrogens (primary N) is 1. The third-order valence-electron chi connectivity index (χ3n) is 3.63. The lowest BCUT2D eigenvalue weighted by Gasteiger charge is -2.28. The van der Waals surface area contributed by atoms with Gasteiger partial charge in [-0.3, -0.25) is 4.90 Å². The number of benzene rings is 2. The predicted molar refractivity (Wildman–Crippen MR) is 95.6 cm³/mol. The molecule has 2 N–H and O–H groups in total. The van der Waals surface area contributed by atoms with Crippen LogP contribution >= 0.6 is 27.7 Å². The number of hydrogen-bond acceptors (Lipinski definition) is 3. The van der Waals surface area contributed by atoms with Gasteiger partial charge in [-0.2, -0.15) is 0 Å². The van der Waals surface area contributed by atoms with E-state index in [-0.39, 0.29) is 6.04 Å². The van der Waals surface area contributed by atoms with Crippen LogP contribution in [0.4, 0.5) is 0 Å². The van der Waals surface area contributed by atoms with Crippen molar-refractivity contribution in [3.05, 3.63) is 64.1 Å². The average Bonchev–Trinajstić information content (AvgIpc) is 2.51. The van der Waals surface area contributed by atoms with Gasteiger partial charge in [0, 0.05) is 28.5 Å². The smallest absolute Gasteiger partial charge is 0.0470 e. The highest BCUT2D eigenvalue weighted by Crippen LogP contribution is 2.25. The van der Waals surface area contributed by atoms with Crippen molar-refractivity contribution < 1.29 is 0 Å². The molecule has 2 aromatic carbocycles. The summed E-state index contributed by atoms with van der Waals surface area (Å²) >= 11 is 5.37. The molecule has 1 unspecified atom stereocenters.